The quantitative estimate of drug-likeness (QED) is 0.763. The molecule has 3 heteroatoms. The summed E-state index contributed by atoms with van der Waals surface area (Å²) in [6, 6.07) is 4.22. The highest BCUT2D eigenvalue weighted by Crippen LogP contribution is 2.38. The van der Waals surface area contributed by atoms with Gasteiger partial charge < -0.3 is 5.73 Å². The van der Waals surface area contributed by atoms with Gasteiger partial charge in [-0.25, -0.2) is 0 Å². The molecule has 1 fully saturated rings. The molecule has 1 unspecified atom stereocenters. The summed E-state index contributed by atoms with van der Waals surface area (Å²) in [7, 11) is 0. The Hall–Kier alpha value is -0.600. The molecule has 0 bridgehead atoms. The van der Waals surface area contributed by atoms with Crippen LogP contribution in [0.25, 0.3) is 0 Å². The lowest BCUT2D eigenvalue weighted by atomic mass is 10.1. The van der Waals surface area contributed by atoms with Crippen molar-refractivity contribution in [1.82, 2.24) is 4.98 Å². The number of hydrogen-bond donors (Lipinski definition) is 1. The molecule has 66 valence electrons. The first kappa shape index (κ1) is 9.49. The van der Waals surface area contributed by atoms with E-state index < -0.39 is 0 Å². The molecule has 1 heterocycles. The lowest BCUT2D eigenvalue weighted by molar-refractivity contribution is 0.631. The first-order valence-corrected chi connectivity index (χ1v) is 4.03. The van der Waals surface area contributed by atoms with E-state index in [1.54, 1.807) is 6.20 Å². The fourth-order valence-electron chi connectivity index (χ4n) is 1.30. The zero-order chi connectivity index (χ0) is 7.68. The average molecular weight is 185 g/mol. The third-order valence-corrected chi connectivity index (χ3v) is 2.20. The van der Waals surface area contributed by atoms with Gasteiger partial charge in [-0.2, -0.15) is 0 Å². The lowest BCUT2D eigenvalue weighted by Gasteiger charge is -2.08. The van der Waals surface area contributed by atoms with E-state index in [0.29, 0.717) is 0 Å². The number of pyridine rings is 1. The average Bonchev–Trinajstić information content (AvgIpc) is 2.87. The summed E-state index contributed by atoms with van der Waals surface area (Å²) in [6.07, 6.45) is 6.22. The van der Waals surface area contributed by atoms with Crippen molar-refractivity contribution in [1.29, 1.82) is 0 Å². The Labute approximate surface area is 78.6 Å². The molecule has 0 spiro atoms. The Balaban J connectivity index is 0.000000720. The maximum atomic E-state index is 5.96. The van der Waals surface area contributed by atoms with Crippen molar-refractivity contribution >= 4 is 12.4 Å². The number of hydrogen-bond acceptors (Lipinski definition) is 2. The van der Waals surface area contributed by atoms with Crippen LogP contribution in [0.15, 0.2) is 24.5 Å². The minimum absolute atomic E-state index is 0. The zero-order valence-corrected chi connectivity index (χ0v) is 7.63. The van der Waals surface area contributed by atoms with Crippen LogP contribution in [0.4, 0.5) is 0 Å². The van der Waals surface area contributed by atoms with Gasteiger partial charge in [0.25, 0.3) is 0 Å². The molecular weight excluding hydrogens is 172 g/mol. The fourth-order valence-corrected chi connectivity index (χ4v) is 1.30. The fraction of sp³-hybridized carbons (Fsp3) is 0.444. The van der Waals surface area contributed by atoms with Gasteiger partial charge in [0.1, 0.15) is 0 Å². The lowest BCUT2D eigenvalue weighted by Crippen LogP contribution is -2.12. The van der Waals surface area contributed by atoms with Crippen molar-refractivity contribution in [2.24, 2.45) is 11.7 Å². The summed E-state index contributed by atoms with van der Waals surface area (Å²) in [6.45, 7) is 0. The second-order valence-electron chi connectivity index (χ2n) is 3.15. The van der Waals surface area contributed by atoms with Gasteiger partial charge in [-0.3, -0.25) is 4.98 Å². The molecule has 0 aliphatic heterocycles. The summed E-state index contributed by atoms with van der Waals surface area (Å²) in [4.78, 5) is 4.04. The highest BCUT2D eigenvalue weighted by atomic mass is 35.5. The number of nitrogens with zero attached hydrogens (tertiary/aromatic N) is 1. The van der Waals surface area contributed by atoms with Crippen molar-refractivity contribution in [3.8, 4) is 0 Å². The maximum Gasteiger partial charge on any atom is 0.0338 e. The highest BCUT2D eigenvalue weighted by Gasteiger charge is 2.29. The molecule has 1 aliphatic carbocycles. The molecule has 1 aromatic heterocycles. The molecule has 0 aromatic carbocycles. The Bertz CT molecular complexity index is 234. The van der Waals surface area contributed by atoms with E-state index in [0.717, 1.165) is 5.92 Å². The standard InChI is InChI=1S/C9H12N2.ClH/c10-9(7-3-4-7)8-2-1-5-11-6-8;/h1-2,5-7,9H,3-4,10H2;1H. The van der Waals surface area contributed by atoms with Gasteiger partial charge in [-0.15, -0.1) is 12.4 Å². The van der Waals surface area contributed by atoms with Crippen LogP contribution in [0, 0.1) is 5.92 Å². The summed E-state index contributed by atoms with van der Waals surface area (Å²) in [5.41, 5.74) is 7.14. The van der Waals surface area contributed by atoms with Crippen molar-refractivity contribution in [2.45, 2.75) is 18.9 Å². The molecule has 2 rings (SSSR count). The highest BCUT2D eigenvalue weighted by molar-refractivity contribution is 5.85. The number of nitrogens with two attached hydrogens (primary N) is 1. The van der Waals surface area contributed by atoms with Gasteiger partial charge >= 0.3 is 0 Å². The minimum atomic E-state index is 0. The van der Waals surface area contributed by atoms with Crippen LogP contribution in [0.1, 0.15) is 24.4 Å². The molecule has 2 nitrogen and oxygen atoms in total. The van der Waals surface area contributed by atoms with E-state index in [1.807, 2.05) is 12.3 Å². The molecule has 2 N–H and O–H groups in total. The maximum absolute atomic E-state index is 5.96. The van der Waals surface area contributed by atoms with Gasteiger partial charge in [0.15, 0.2) is 0 Å². The Morgan fingerprint density at radius 2 is 2.25 bits per heavy atom. The molecule has 0 amide bonds. The van der Waals surface area contributed by atoms with E-state index in [-0.39, 0.29) is 18.4 Å². The monoisotopic (exact) mass is 184 g/mol. The zero-order valence-electron chi connectivity index (χ0n) is 6.81. The van der Waals surface area contributed by atoms with E-state index in [9.17, 15) is 0 Å². The molecular formula is C9H13ClN2. The normalized spacial score (nSPS) is 18.1. The predicted molar refractivity (Wildman–Crippen MR) is 51.1 cm³/mol. The molecule has 1 saturated carbocycles. The van der Waals surface area contributed by atoms with Gasteiger partial charge in [0.05, 0.1) is 0 Å². The van der Waals surface area contributed by atoms with Crippen LogP contribution in [0.5, 0.6) is 0 Å². The predicted octanol–water partition coefficient (Wildman–Crippen LogP) is 1.91. The van der Waals surface area contributed by atoms with Gasteiger partial charge in [-0.05, 0) is 30.4 Å². The van der Waals surface area contributed by atoms with Crippen molar-refractivity contribution in [2.75, 3.05) is 0 Å². The van der Waals surface area contributed by atoms with E-state index >= 15 is 0 Å². The van der Waals surface area contributed by atoms with Crippen molar-refractivity contribution in [3.05, 3.63) is 30.1 Å². The largest absolute Gasteiger partial charge is 0.324 e. The number of halogens is 1. The van der Waals surface area contributed by atoms with E-state index in [2.05, 4.69) is 11.1 Å². The van der Waals surface area contributed by atoms with E-state index in [4.69, 9.17) is 5.73 Å². The van der Waals surface area contributed by atoms with Crippen LogP contribution in [0.3, 0.4) is 0 Å². The molecule has 0 saturated heterocycles. The first-order chi connectivity index (χ1) is 5.38. The first-order valence-electron chi connectivity index (χ1n) is 4.03. The molecule has 0 radical (unpaired) electrons. The van der Waals surface area contributed by atoms with Gasteiger partial charge in [-0.1, -0.05) is 6.07 Å². The van der Waals surface area contributed by atoms with Crippen LogP contribution < -0.4 is 5.73 Å². The van der Waals surface area contributed by atoms with Crippen molar-refractivity contribution < 1.29 is 0 Å². The van der Waals surface area contributed by atoms with Crippen LogP contribution >= 0.6 is 12.4 Å². The number of rotatable bonds is 2. The summed E-state index contributed by atoms with van der Waals surface area (Å²) < 4.78 is 0. The molecule has 1 aromatic rings. The van der Waals surface area contributed by atoms with Gasteiger partial charge in [0, 0.05) is 18.4 Å². The molecule has 12 heavy (non-hydrogen) atoms. The Morgan fingerprint density at radius 3 is 2.75 bits per heavy atom. The third-order valence-electron chi connectivity index (χ3n) is 2.20. The third kappa shape index (κ3) is 1.96. The summed E-state index contributed by atoms with van der Waals surface area (Å²) >= 11 is 0. The topological polar surface area (TPSA) is 38.9 Å². The smallest absolute Gasteiger partial charge is 0.0338 e. The van der Waals surface area contributed by atoms with Gasteiger partial charge in [0.2, 0.25) is 0 Å². The molecule has 1 atom stereocenters. The summed E-state index contributed by atoms with van der Waals surface area (Å²) in [5, 5.41) is 0. The second kappa shape index (κ2) is 3.87. The minimum Gasteiger partial charge on any atom is -0.324 e. The summed E-state index contributed by atoms with van der Waals surface area (Å²) in [5.74, 6) is 0.721. The Kier molecular flexibility index (Phi) is 3.06. The van der Waals surface area contributed by atoms with Crippen molar-refractivity contribution in [3.63, 3.8) is 0 Å². The molecule has 1 aliphatic rings. The second-order valence-corrected chi connectivity index (χ2v) is 3.15. The van der Waals surface area contributed by atoms with Crippen LogP contribution in [-0.2, 0) is 0 Å². The SMILES string of the molecule is Cl.NC(c1cccnc1)C1CC1. The number of aromatic nitrogens is 1. The van der Waals surface area contributed by atoms with Crippen LogP contribution in [-0.4, -0.2) is 4.98 Å². The van der Waals surface area contributed by atoms with Crippen LogP contribution in [0.2, 0.25) is 0 Å². The Morgan fingerprint density at radius 1 is 1.50 bits per heavy atom. The van der Waals surface area contributed by atoms with E-state index in [1.165, 1.54) is 18.4 Å².